The third-order valence-electron chi connectivity index (χ3n) is 5.19. The van der Waals surface area contributed by atoms with E-state index < -0.39 is 0 Å². The van der Waals surface area contributed by atoms with Crippen LogP contribution in [0.15, 0.2) is 48.5 Å². The fourth-order valence-electron chi connectivity index (χ4n) is 3.45. The highest BCUT2D eigenvalue weighted by atomic mass is 16.2. The minimum Gasteiger partial charge on any atom is -0.400 e. The van der Waals surface area contributed by atoms with Crippen molar-refractivity contribution in [2.75, 3.05) is 20.2 Å². The van der Waals surface area contributed by atoms with Crippen molar-refractivity contribution in [1.82, 2.24) is 4.90 Å². The van der Waals surface area contributed by atoms with Crippen LogP contribution in [0.5, 0.6) is 0 Å². The van der Waals surface area contributed by atoms with Gasteiger partial charge in [0.05, 0.1) is 0 Å². The molecule has 1 saturated carbocycles. The highest BCUT2D eigenvalue weighted by molar-refractivity contribution is 5.74. The van der Waals surface area contributed by atoms with E-state index in [-0.39, 0.29) is 0 Å². The van der Waals surface area contributed by atoms with Gasteiger partial charge in [-0.1, -0.05) is 68.2 Å². The van der Waals surface area contributed by atoms with Gasteiger partial charge in [0.1, 0.15) is 6.29 Å². The van der Waals surface area contributed by atoms with E-state index in [0.29, 0.717) is 5.56 Å². The number of carbonyl (C=O) groups excluding carboxylic acids is 1. The SMILES string of the molecule is C#Cc1ccc(C=O)cc1.C#Cc1ccc(CN2CCCC2)cc1.C1CCCC1.CO. The summed E-state index contributed by atoms with van der Waals surface area (Å²) in [6.07, 6.45) is 21.4. The van der Waals surface area contributed by atoms with Crippen LogP contribution in [0.1, 0.15) is 72.0 Å². The zero-order valence-corrected chi connectivity index (χ0v) is 18.7. The van der Waals surface area contributed by atoms with Crippen LogP contribution in [-0.4, -0.2) is 36.5 Å². The Bertz CT molecular complexity index is 792. The van der Waals surface area contributed by atoms with Crippen molar-refractivity contribution in [3.8, 4) is 24.7 Å². The lowest BCUT2D eigenvalue weighted by Gasteiger charge is -2.14. The Hall–Kier alpha value is -2.85. The fraction of sp³-hybridized carbons (Fsp3) is 0.393. The summed E-state index contributed by atoms with van der Waals surface area (Å²) in [5.74, 6) is 5.10. The molecule has 0 atom stereocenters. The molecular weight excluding hydrogens is 382 g/mol. The molecule has 1 aliphatic heterocycles. The van der Waals surface area contributed by atoms with Gasteiger partial charge in [-0.15, -0.1) is 12.8 Å². The molecule has 0 amide bonds. The van der Waals surface area contributed by atoms with Crippen molar-refractivity contribution in [1.29, 1.82) is 0 Å². The first-order valence-corrected chi connectivity index (χ1v) is 11.0. The molecule has 0 bridgehead atoms. The van der Waals surface area contributed by atoms with Gasteiger partial charge in [0, 0.05) is 30.3 Å². The maximum Gasteiger partial charge on any atom is 0.150 e. The number of carbonyl (C=O) groups is 1. The second-order valence-electron chi connectivity index (χ2n) is 7.48. The molecule has 0 radical (unpaired) electrons. The first kappa shape index (κ1) is 26.2. The van der Waals surface area contributed by atoms with Crippen LogP contribution < -0.4 is 0 Å². The number of aliphatic hydroxyl groups is 1. The molecule has 3 heteroatoms. The molecular formula is C28H35NO2. The van der Waals surface area contributed by atoms with Gasteiger partial charge in [-0.25, -0.2) is 0 Å². The Morgan fingerprint density at radius 1 is 0.774 bits per heavy atom. The zero-order valence-electron chi connectivity index (χ0n) is 18.7. The molecule has 2 aromatic carbocycles. The third-order valence-corrected chi connectivity index (χ3v) is 5.19. The van der Waals surface area contributed by atoms with Gasteiger partial charge in [0.2, 0.25) is 0 Å². The smallest absolute Gasteiger partial charge is 0.150 e. The molecule has 0 spiro atoms. The molecule has 1 aliphatic carbocycles. The molecule has 164 valence electrons. The molecule has 3 nitrogen and oxygen atoms in total. The summed E-state index contributed by atoms with van der Waals surface area (Å²) < 4.78 is 0. The van der Waals surface area contributed by atoms with Crippen molar-refractivity contribution in [3.05, 3.63) is 70.8 Å². The van der Waals surface area contributed by atoms with Crippen LogP contribution in [0.4, 0.5) is 0 Å². The number of terminal acetylenes is 2. The predicted molar refractivity (Wildman–Crippen MR) is 130 cm³/mol. The second-order valence-corrected chi connectivity index (χ2v) is 7.48. The normalized spacial score (nSPS) is 14.3. The standard InChI is InChI=1S/C13H15N.C9H6O.C5H10.CH4O/c1-2-12-5-7-13(8-6-12)11-14-9-3-4-10-14;1-2-8-3-5-9(7-10)6-4-8;1-2-4-5-3-1;1-2/h1,5-8H,3-4,9-11H2;1,3-7H;1-5H2;2H,1H3. The number of hydrogen-bond donors (Lipinski definition) is 1. The van der Waals surface area contributed by atoms with Crippen LogP contribution in [0, 0.1) is 24.7 Å². The van der Waals surface area contributed by atoms with Crippen LogP contribution in [0.2, 0.25) is 0 Å². The van der Waals surface area contributed by atoms with Crippen LogP contribution in [-0.2, 0) is 6.54 Å². The second kappa shape index (κ2) is 16.9. The average molecular weight is 418 g/mol. The zero-order chi connectivity index (χ0) is 22.7. The first-order valence-electron chi connectivity index (χ1n) is 11.0. The predicted octanol–water partition coefficient (Wildman–Crippen LogP) is 5.30. The van der Waals surface area contributed by atoms with Crippen molar-refractivity contribution in [2.45, 2.75) is 51.5 Å². The van der Waals surface area contributed by atoms with Gasteiger partial charge in [0.15, 0.2) is 0 Å². The van der Waals surface area contributed by atoms with Gasteiger partial charge >= 0.3 is 0 Å². The highest BCUT2D eigenvalue weighted by Gasteiger charge is 2.11. The van der Waals surface area contributed by atoms with Crippen molar-refractivity contribution in [2.24, 2.45) is 0 Å². The van der Waals surface area contributed by atoms with Crippen LogP contribution in [0.25, 0.3) is 0 Å². The molecule has 1 saturated heterocycles. The molecule has 1 heterocycles. The summed E-state index contributed by atoms with van der Waals surface area (Å²) in [6.45, 7) is 3.57. The number of benzene rings is 2. The van der Waals surface area contributed by atoms with Crippen LogP contribution >= 0.6 is 0 Å². The summed E-state index contributed by atoms with van der Waals surface area (Å²) in [4.78, 5) is 12.6. The molecule has 2 aliphatic rings. The van der Waals surface area contributed by atoms with Gasteiger partial charge in [0.25, 0.3) is 0 Å². The minimum atomic E-state index is 0.652. The third kappa shape index (κ3) is 11.2. The number of aldehydes is 1. The van der Waals surface area contributed by atoms with E-state index in [2.05, 4.69) is 28.9 Å². The van der Waals surface area contributed by atoms with Crippen molar-refractivity contribution in [3.63, 3.8) is 0 Å². The average Bonchev–Trinajstić information content (AvgIpc) is 3.59. The number of likely N-dealkylation sites (tertiary alicyclic amines) is 1. The minimum absolute atomic E-state index is 0.652. The Balaban J connectivity index is 0.000000246. The van der Waals surface area contributed by atoms with E-state index in [9.17, 15) is 4.79 Å². The summed E-state index contributed by atoms with van der Waals surface area (Å²) in [5.41, 5.74) is 3.78. The van der Waals surface area contributed by atoms with Crippen molar-refractivity contribution >= 4 is 6.29 Å². The molecule has 1 N–H and O–H groups in total. The maximum atomic E-state index is 10.2. The molecule has 0 aromatic heterocycles. The Morgan fingerprint density at radius 3 is 1.58 bits per heavy atom. The quantitative estimate of drug-likeness (QED) is 0.544. The molecule has 2 aromatic rings. The summed E-state index contributed by atoms with van der Waals surface area (Å²) >= 11 is 0. The van der Waals surface area contributed by atoms with Gasteiger partial charge < -0.3 is 5.11 Å². The largest absolute Gasteiger partial charge is 0.400 e. The summed E-state index contributed by atoms with van der Waals surface area (Å²) in [7, 11) is 1.00. The van der Waals surface area contributed by atoms with E-state index in [1.54, 1.807) is 24.3 Å². The molecule has 0 unspecified atom stereocenters. The molecule has 2 fully saturated rings. The van der Waals surface area contributed by atoms with E-state index in [0.717, 1.165) is 31.1 Å². The fourth-order valence-corrected chi connectivity index (χ4v) is 3.45. The molecule has 4 rings (SSSR count). The topological polar surface area (TPSA) is 40.5 Å². The van der Waals surface area contributed by atoms with Crippen molar-refractivity contribution < 1.29 is 9.90 Å². The summed E-state index contributed by atoms with van der Waals surface area (Å²) in [6, 6.07) is 15.2. The Labute approximate surface area is 188 Å². The monoisotopic (exact) mass is 417 g/mol. The lowest BCUT2D eigenvalue weighted by atomic mass is 10.1. The van der Waals surface area contributed by atoms with Gasteiger partial charge in [-0.3, -0.25) is 9.69 Å². The van der Waals surface area contributed by atoms with E-state index in [1.165, 1.54) is 63.6 Å². The highest BCUT2D eigenvalue weighted by Crippen LogP contribution is 2.15. The number of rotatable bonds is 3. The van der Waals surface area contributed by atoms with E-state index in [1.807, 2.05) is 12.1 Å². The van der Waals surface area contributed by atoms with Gasteiger partial charge in [-0.2, -0.15) is 0 Å². The number of nitrogens with zero attached hydrogens (tertiary/aromatic N) is 1. The first-order chi connectivity index (χ1) is 15.2. The Morgan fingerprint density at radius 2 is 1.19 bits per heavy atom. The van der Waals surface area contributed by atoms with E-state index in [4.69, 9.17) is 18.0 Å². The molecule has 31 heavy (non-hydrogen) atoms. The lowest BCUT2D eigenvalue weighted by molar-refractivity contribution is 0.112. The van der Waals surface area contributed by atoms with Crippen LogP contribution in [0.3, 0.4) is 0 Å². The maximum absolute atomic E-state index is 10.2. The van der Waals surface area contributed by atoms with E-state index >= 15 is 0 Å². The summed E-state index contributed by atoms with van der Waals surface area (Å²) in [5, 5.41) is 7.00. The lowest BCUT2D eigenvalue weighted by Crippen LogP contribution is -2.18. The number of hydrogen-bond acceptors (Lipinski definition) is 3. The Kier molecular flexibility index (Phi) is 14.3. The number of aliphatic hydroxyl groups excluding tert-OH is 1. The van der Waals surface area contributed by atoms with Gasteiger partial charge in [-0.05, 0) is 55.8 Å².